The highest BCUT2D eigenvalue weighted by molar-refractivity contribution is 6.30. The van der Waals surface area contributed by atoms with E-state index in [1.807, 2.05) is 23.2 Å². The van der Waals surface area contributed by atoms with Crippen LogP contribution in [-0.4, -0.2) is 21.6 Å². The topological polar surface area (TPSA) is 45.1 Å². The summed E-state index contributed by atoms with van der Waals surface area (Å²) in [6.45, 7) is 4.24. The summed E-state index contributed by atoms with van der Waals surface area (Å²) < 4.78 is 19.9. The van der Waals surface area contributed by atoms with Crippen LogP contribution in [0.3, 0.4) is 0 Å². The maximum atomic E-state index is 13.4. The van der Waals surface area contributed by atoms with E-state index in [2.05, 4.69) is 13.8 Å². The van der Waals surface area contributed by atoms with Gasteiger partial charge in [-0.2, -0.15) is 5.10 Å². The third-order valence-corrected chi connectivity index (χ3v) is 6.11. The Morgan fingerprint density at radius 1 is 1.21 bits per heavy atom. The van der Waals surface area contributed by atoms with Gasteiger partial charge in [0, 0.05) is 35.9 Å². The van der Waals surface area contributed by atoms with Crippen LogP contribution < -0.4 is 4.74 Å². The van der Waals surface area contributed by atoms with E-state index in [1.54, 1.807) is 18.2 Å². The molecule has 2 unspecified atom stereocenters. The number of benzene rings is 2. The Kier molecular flexibility index (Phi) is 3.97. The predicted octanol–water partition coefficient (Wildman–Crippen LogP) is 5.98. The van der Waals surface area contributed by atoms with Crippen molar-refractivity contribution in [2.75, 3.05) is 0 Å². The van der Waals surface area contributed by atoms with E-state index in [4.69, 9.17) is 21.4 Å². The lowest BCUT2D eigenvalue weighted by molar-refractivity contribution is -0.115. The number of hydrazone groups is 1. The average molecular weight is 413 g/mol. The van der Waals surface area contributed by atoms with E-state index in [9.17, 15) is 9.50 Å². The summed E-state index contributed by atoms with van der Waals surface area (Å²) in [5, 5.41) is 18.0. The molecule has 0 aromatic heterocycles. The number of fused-ring (bicyclic) bond motifs is 4. The van der Waals surface area contributed by atoms with Crippen molar-refractivity contribution in [2.45, 2.75) is 44.9 Å². The van der Waals surface area contributed by atoms with Gasteiger partial charge in [0.1, 0.15) is 11.6 Å². The molecule has 4 nitrogen and oxygen atoms in total. The fourth-order valence-corrected chi connectivity index (χ4v) is 5.02. The molecule has 0 fully saturated rings. The molecule has 1 N–H and O–H groups in total. The van der Waals surface area contributed by atoms with E-state index in [1.165, 1.54) is 12.1 Å². The first-order valence-corrected chi connectivity index (χ1v) is 10.1. The van der Waals surface area contributed by atoms with Gasteiger partial charge in [0.15, 0.2) is 0 Å². The van der Waals surface area contributed by atoms with Gasteiger partial charge in [-0.1, -0.05) is 37.6 Å². The largest absolute Gasteiger partial charge is 0.512 e. The highest BCUT2D eigenvalue weighted by Crippen LogP contribution is 2.53. The van der Waals surface area contributed by atoms with Crippen molar-refractivity contribution in [3.05, 3.63) is 76.3 Å². The summed E-state index contributed by atoms with van der Waals surface area (Å²) in [7, 11) is 0. The van der Waals surface area contributed by atoms with Crippen LogP contribution in [0, 0.1) is 11.2 Å². The summed E-state index contributed by atoms with van der Waals surface area (Å²) in [5.41, 5.74) is 1.69. The van der Waals surface area contributed by atoms with Crippen LogP contribution in [0.1, 0.15) is 50.3 Å². The summed E-state index contributed by atoms with van der Waals surface area (Å²) >= 11 is 6.28. The fraction of sp³-hybridized carbons (Fsp3) is 0.348. The molecular formula is C23H22ClFN2O2. The van der Waals surface area contributed by atoms with Crippen molar-refractivity contribution in [2.24, 2.45) is 10.5 Å². The number of nitrogens with zero attached hydrogens (tertiary/aromatic N) is 2. The first kappa shape index (κ1) is 18.5. The molecule has 5 rings (SSSR count). The van der Waals surface area contributed by atoms with Crippen molar-refractivity contribution < 1.29 is 14.2 Å². The lowest BCUT2D eigenvalue weighted by Crippen LogP contribution is -2.56. The SMILES string of the molecule is CC1(C)CC(O)=CC2(C1)Oc1ccc(Cl)cc1C1CC(c3ccc(F)cc3)=NN12. The monoisotopic (exact) mass is 412 g/mol. The van der Waals surface area contributed by atoms with Crippen molar-refractivity contribution in [1.82, 2.24) is 5.01 Å². The van der Waals surface area contributed by atoms with Crippen molar-refractivity contribution in [1.29, 1.82) is 0 Å². The molecule has 2 heterocycles. The van der Waals surface area contributed by atoms with Gasteiger partial charge in [-0.15, -0.1) is 0 Å². The molecule has 1 spiro atoms. The van der Waals surface area contributed by atoms with E-state index < -0.39 is 5.72 Å². The molecule has 1 aliphatic carbocycles. The van der Waals surface area contributed by atoms with Gasteiger partial charge >= 0.3 is 0 Å². The van der Waals surface area contributed by atoms with Gasteiger partial charge in [0.05, 0.1) is 17.5 Å². The minimum Gasteiger partial charge on any atom is -0.512 e. The fourth-order valence-electron chi connectivity index (χ4n) is 4.84. The third-order valence-electron chi connectivity index (χ3n) is 5.88. The average Bonchev–Trinajstić information content (AvgIpc) is 3.08. The maximum Gasteiger partial charge on any atom is 0.221 e. The van der Waals surface area contributed by atoms with Crippen LogP contribution in [0.25, 0.3) is 0 Å². The molecule has 0 amide bonds. The van der Waals surface area contributed by atoms with Gasteiger partial charge in [-0.05, 0) is 41.3 Å². The summed E-state index contributed by atoms with van der Waals surface area (Å²) in [6, 6.07) is 11.9. The number of ether oxygens (including phenoxy) is 1. The second-order valence-electron chi connectivity index (χ2n) is 8.90. The number of allylic oxidation sites excluding steroid dienone is 1. The van der Waals surface area contributed by atoms with Crippen LogP contribution in [0.4, 0.5) is 4.39 Å². The van der Waals surface area contributed by atoms with Crippen LogP contribution in [0.15, 0.2) is 59.4 Å². The van der Waals surface area contributed by atoms with Gasteiger partial charge in [-0.3, -0.25) is 0 Å². The molecule has 0 saturated carbocycles. The first-order valence-electron chi connectivity index (χ1n) is 9.77. The molecule has 2 atom stereocenters. The van der Waals surface area contributed by atoms with Crippen molar-refractivity contribution in [3.63, 3.8) is 0 Å². The molecule has 0 radical (unpaired) electrons. The number of aliphatic hydroxyl groups is 1. The molecule has 2 aromatic rings. The zero-order valence-corrected chi connectivity index (χ0v) is 17.1. The second-order valence-corrected chi connectivity index (χ2v) is 9.34. The zero-order chi connectivity index (χ0) is 20.4. The van der Waals surface area contributed by atoms with Gasteiger partial charge < -0.3 is 9.84 Å². The Morgan fingerprint density at radius 3 is 2.69 bits per heavy atom. The highest BCUT2D eigenvalue weighted by Gasteiger charge is 2.53. The van der Waals surface area contributed by atoms with Crippen molar-refractivity contribution in [3.8, 4) is 5.75 Å². The lowest BCUT2D eigenvalue weighted by atomic mass is 9.75. The minimum atomic E-state index is -0.876. The summed E-state index contributed by atoms with van der Waals surface area (Å²) in [6.07, 6.45) is 3.72. The predicted molar refractivity (Wildman–Crippen MR) is 111 cm³/mol. The standard InChI is InChI=1S/C23H22ClFN2O2/c1-22(2)11-17(28)12-23(13-22)27-20(18-9-15(24)5-8-21(18)29-23)10-19(26-27)14-3-6-16(25)7-4-14/h3-9,12,20,28H,10-11,13H2,1-2H3. The van der Waals surface area contributed by atoms with Gasteiger partial charge in [-0.25, -0.2) is 9.40 Å². The molecule has 150 valence electrons. The number of halogens is 2. The Labute approximate surface area is 174 Å². The normalized spacial score (nSPS) is 27.0. The number of rotatable bonds is 1. The molecule has 6 heteroatoms. The quantitative estimate of drug-likeness (QED) is 0.626. The highest BCUT2D eigenvalue weighted by atomic mass is 35.5. The number of hydrogen-bond donors (Lipinski definition) is 1. The molecule has 2 aliphatic heterocycles. The van der Waals surface area contributed by atoms with Crippen LogP contribution in [0.5, 0.6) is 5.75 Å². The summed E-state index contributed by atoms with van der Waals surface area (Å²) in [5.74, 6) is 0.791. The van der Waals surface area contributed by atoms with Crippen LogP contribution >= 0.6 is 11.6 Å². The molecular weight excluding hydrogens is 391 g/mol. The van der Waals surface area contributed by atoms with Crippen LogP contribution in [-0.2, 0) is 0 Å². The first-order chi connectivity index (χ1) is 13.7. The zero-order valence-electron chi connectivity index (χ0n) is 16.3. The Morgan fingerprint density at radius 2 is 1.97 bits per heavy atom. The van der Waals surface area contributed by atoms with E-state index in [-0.39, 0.29) is 17.3 Å². The molecule has 0 saturated heterocycles. The smallest absolute Gasteiger partial charge is 0.221 e. The Bertz CT molecular complexity index is 1050. The van der Waals surface area contributed by atoms with Gasteiger partial charge in [0.25, 0.3) is 0 Å². The Hall–Kier alpha value is -2.53. The molecule has 29 heavy (non-hydrogen) atoms. The van der Waals surface area contributed by atoms with E-state index in [0.717, 1.165) is 22.6 Å². The maximum absolute atomic E-state index is 13.4. The molecule has 2 aromatic carbocycles. The lowest BCUT2D eigenvalue weighted by Gasteiger charge is -2.50. The van der Waals surface area contributed by atoms with E-state index in [0.29, 0.717) is 30.0 Å². The van der Waals surface area contributed by atoms with E-state index >= 15 is 0 Å². The van der Waals surface area contributed by atoms with Crippen molar-refractivity contribution >= 4 is 17.3 Å². The number of hydrogen-bond acceptors (Lipinski definition) is 4. The third kappa shape index (κ3) is 3.08. The second kappa shape index (κ2) is 6.23. The van der Waals surface area contributed by atoms with Gasteiger partial charge in [0.2, 0.25) is 5.72 Å². The Balaban J connectivity index is 1.66. The summed E-state index contributed by atoms with van der Waals surface area (Å²) in [4.78, 5) is 0. The molecule has 3 aliphatic rings. The van der Waals surface area contributed by atoms with Crippen LogP contribution in [0.2, 0.25) is 5.02 Å². The molecule has 0 bridgehead atoms. The number of aliphatic hydroxyl groups excluding tert-OH is 1. The minimum absolute atomic E-state index is 0.0737.